The summed E-state index contributed by atoms with van der Waals surface area (Å²) in [4.78, 5) is 22.9. The smallest absolute Gasteiger partial charge is 0.331 e. The van der Waals surface area contributed by atoms with Crippen LogP contribution in [0.3, 0.4) is 0 Å². The van der Waals surface area contributed by atoms with E-state index in [1.54, 1.807) is 0 Å². The topological polar surface area (TPSA) is 110 Å². The molecule has 1 aliphatic heterocycles. The van der Waals surface area contributed by atoms with Crippen molar-refractivity contribution in [1.29, 1.82) is 0 Å². The number of rotatable bonds is 4. The van der Waals surface area contributed by atoms with E-state index in [1.165, 1.54) is 32.6 Å². The molecule has 0 radical (unpaired) electrons. The number of nitrogens with zero attached hydrogens (tertiary/aromatic N) is 2. The monoisotopic (exact) mass is 369 g/mol. The minimum atomic E-state index is -0.639. The number of carbonyl (C=O) groups is 2. The number of thioether (sulfide) groups is 1. The number of hydrogen-bond donors (Lipinski definition) is 2. The molecule has 1 heterocycles. The second kappa shape index (κ2) is 7.84. The molecule has 1 amide bonds. The molecule has 0 atom stereocenters. The Balaban J connectivity index is 2.14. The number of esters is 1. The summed E-state index contributed by atoms with van der Waals surface area (Å²) < 4.78 is 9.43. The first-order valence-corrected chi connectivity index (χ1v) is 7.60. The van der Waals surface area contributed by atoms with Crippen LogP contribution in [-0.2, 0) is 14.3 Å². The summed E-state index contributed by atoms with van der Waals surface area (Å²) in [6.45, 7) is 0. The third-order valence-electron chi connectivity index (χ3n) is 2.74. The number of halogens is 1. The maximum Gasteiger partial charge on any atom is 0.331 e. The number of hydrogen-bond acceptors (Lipinski definition) is 8. The zero-order valence-corrected chi connectivity index (χ0v) is 14.1. The standard InChI is InChI=1S/C14H12ClN3O5S/c1-22-10-3-7(8(15)4-9(10)19)6-16-18-14-17-13(21)11(24-14)5-12(20)23-2/h3-6,19H,1-2H3,(H,17,18,21)/b11-5+,16-6?. The highest BCUT2D eigenvalue weighted by Gasteiger charge is 2.25. The van der Waals surface area contributed by atoms with Gasteiger partial charge in [0.2, 0.25) is 0 Å². The fourth-order valence-electron chi connectivity index (χ4n) is 1.61. The Bertz CT molecular complexity index is 776. The molecular formula is C14H12ClN3O5S. The summed E-state index contributed by atoms with van der Waals surface area (Å²) in [6, 6.07) is 2.81. The lowest BCUT2D eigenvalue weighted by Crippen LogP contribution is -2.19. The van der Waals surface area contributed by atoms with Crippen molar-refractivity contribution in [2.45, 2.75) is 0 Å². The minimum Gasteiger partial charge on any atom is -0.504 e. The average Bonchev–Trinajstić information content (AvgIpc) is 2.89. The SMILES string of the molecule is COC(=O)/C=C1/S/C(=N\N=Cc2cc(OC)c(O)cc2Cl)NC1=O. The predicted octanol–water partition coefficient (Wildman–Crippen LogP) is 1.66. The Morgan fingerprint density at radius 1 is 1.42 bits per heavy atom. The van der Waals surface area contributed by atoms with Crippen molar-refractivity contribution in [2.24, 2.45) is 10.2 Å². The lowest BCUT2D eigenvalue weighted by molar-refractivity contribution is -0.135. The van der Waals surface area contributed by atoms with Gasteiger partial charge in [0.15, 0.2) is 16.7 Å². The van der Waals surface area contributed by atoms with E-state index < -0.39 is 11.9 Å². The van der Waals surface area contributed by atoms with Gasteiger partial charge in [0, 0.05) is 17.7 Å². The molecule has 0 spiro atoms. The quantitative estimate of drug-likeness (QED) is 0.361. The molecule has 1 aromatic rings. The van der Waals surface area contributed by atoms with Crippen LogP contribution in [0.25, 0.3) is 0 Å². The molecule has 1 aliphatic rings. The summed E-state index contributed by atoms with van der Waals surface area (Å²) in [6.07, 6.45) is 2.40. The molecule has 1 aromatic carbocycles. The molecule has 10 heteroatoms. The van der Waals surface area contributed by atoms with Crippen LogP contribution in [0.15, 0.2) is 33.3 Å². The third-order valence-corrected chi connectivity index (χ3v) is 3.97. The van der Waals surface area contributed by atoms with E-state index in [0.717, 1.165) is 17.8 Å². The van der Waals surface area contributed by atoms with Gasteiger partial charge in [-0.1, -0.05) is 11.6 Å². The van der Waals surface area contributed by atoms with Gasteiger partial charge in [-0.25, -0.2) is 4.79 Å². The lowest BCUT2D eigenvalue weighted by atomic mass is 10.2. The van der Waals surface area contributed by atoms with Gasteiger partial charge >= 0.3 is 5.97 Å². The molecule has 1 saturated heterocycles. The third kappa shape index (κ3) is 4.27. The van der Waals surface area contributed by atoms with Crippen LogP contribution >= 0.6 is 23.4 Å². The van der Waals surface area contributed by atoms with Gasteiger partial charge in [-0.3, -0.25) is 10.1 Å². The van der Waals surface area contributed by atoms with Crippen LogP contribution in [0.2, 0.25) is 5.02 Å². The first kappa shape index (κ1) is 17.8. The Labute approximate surface area is 146 Å². The van der Waals surface area contributed by atoms with Crippen LogP contribution in [-0.4, -0.2) is 42.6 Å². The Kier molecular flexibility index (Phi) is 5.83. The maximum absolute atomic E-state index is 11.6. The van der Waals surface area contributed by atoms with Gasteiger partial charge in [0.25, 0.3) is 5.91 Å². The van der Waals surface area contributed by atoms with Crippen molar-refractivity contribution in [3.63, 3.8) is 0 Å². The fourth-order valence-corrected chi connectivity index (χ4v) is 2.55. The number of ether oxygens (including phenoxy) is 2. The molecule has 1 fully saturated rings. The Morgan fingerprint density at radius 2 is 2.17 bits per heavy atom. The zero-order valence-electron chi connectivity index (χ0n) is 12.6. The average molecular weight is 370 g/mol. The molecule has 0 saturated carbocycles. The van der Waals surface area contributed by atoms with Crippen molar-refractivity contribution in [1.82, 2.24) is 5.32 Å². The van der Waals surface area contributed by atoms with E-state index in [9.17, 15) is 14.7 Å². The van der Waals surface area contributed by atoms with Crippen LogP contribution in [0.1, 0.15) is 5.56 Å². The van der Waals surface area contributed by atoms with Gasteiger partial charge in [-0.2, -0.15) is 5.10 Å². The summed E-state index contributed by atoms with van der Waals surface area (Å²) >= 11 is 6.93. The number of phenols is 1. The first-order chi connectivity index (χ1) is 11.4. The van der Waals surface area contributed by atoms with E-state index in [0.29, 0.717) is 5.56 Å². The molecule has 8 nitrogen and oxygen atoms in total. The second-order valence-electron chi connectivity index (χ2n) is 4.28. The zero-order chi connectivity index (χ0) is 17.7. The van der Waals surface area contributed by atoms with Crippen molar-refractivity contribution in [3.8, 4) is 11.5 Å². The van der Waals surface area contributed by atoms with Gasteiger partial charge in [-0.05, 0) is 17.8 Å². The minimum absolute atomic E-state index is 0.0952. The van der Waals surface area contributed by atoms with Crippen molar-refractivity contribution >= 4 is 46.6 Å². The highest BCUT2D eigenvalue weighted by atomic mass is 35.5. The van der Waals surface area contributed by atoms with E-state index >= 15 is 0 Å². The van der Waals surface area contributed by atoms with Gasteiger partial charge in [-0.15, -0.1) is 5.10 Å². The van der Waals surface area contributed by atoms with Crippen molar-refractivity contribution in [2.75, 3.05) is 14.2 Å². The number of amidine groups is 1. The Morgan fingerprint density at radius 3 is 2.83 bits per heavy atom. The van der Waals surface area contributed by atoms with Gasteiger partial charge < -0.3 is 14.6 Å². The highest BCUT2D eigenvalue weighted by molar-refractivity contribution is 8.18. The second-order valence-corrected chi connectivity index (χ2v) is 5.72. The number of benzene rings is 1. The molecule has 0 unspecified atom stereocenters. The number of amides is 1. The summed E-state index contributed by atoms with van der Waals surface area (Å²) in [5.74, 6) is -0.966. The van der Waals surface area contributed by atoms with Crippen LogP contribution in [0.4, 0.5) is 0 Å². The molecule has 0 bridgehead atoms. The van der Waals surface area contributed by atoms with Crippen LogP contribution in [0, 0.1) is 0 Å². The molecule has 2 N–H and O–H groups in total. The normalized spacial score (nSPS) is 17.5. The summed E-state index contributed by atoms with van der Waals surface area (Å²) in [5.41, 5.74) is 0.468. The molecule has 2 rings (SSSR count). The maximum atomic E-state index is 11.6. The van der Waals surface area contributed by atoms with Crippen LogP contribution in [0.5, 0.6) is 11.5 Å². The number of aromatic hydroxyl groups is 1. The molecule has 126 valence electrons. The molecular weight excluding hydrogens is 358 g/mol. The lowest BCUT2D eigenvalue weighted by Gasteiger charge is -2.05. The van der Waals surface area contributed by atoms with E-state index in [-0.39, 0.29) is 26.6 Å². The molecule has 24 heavy (non-hydrogen) atoms. The van der Waals surface area contributed by atoms with Crippen LogP contribution < -0.4 is 10.1 Å². The van der Waals surface area contributed by atoms with Crippen molar-refractivity contribution in [3.05, 3.63) is 33.7 Å². The fraction of sp³-hybridized carbons (Fsp3) is 0.143. The van der Waals surface area contributed by atoms with Gasteiger partial charge in [0.1, 0.15) is 0 Å². The van der Waals surface area contributed by atoms with Crippen molar-refractivity contribution < 1.29 is 24.2 Å². The highest BCUT2D eigenvalue weighted by Crippen LogP contribution is 2.31. The van der Waals surface area contributed by atoms with Gasteiger partial charge in [0.05, 0.1) is 30.4 Å². The first-order valence-electron chi connectivity index (χ1n) is 6.41. The number of phenolic OH excluding ortho intramolecular Hbond substituents is 1. The summed E-state index contributed by atoms with van der Waals surface area (Å²) in [5, 5.41) is 20.2. The van der Waals surface area contributed by atoms with E-state index in [2.05, 4.69) is 20.3 Å². The molecule has 0 aromatic heterocycles. The molecule has 0 aliphatic carbocycles. The Hall–Kier alpha value is -2.52. The number of carbonyl (C=O) groups excluding carboxylic acids is 2. The number of methoxy groups -OCH3 is 2. The predicted molar refractivity (Wildman–Crippen MR) is 90.5 cm³/mol. The van der Waals surface area contributed by atoms with E-state index in [4.69, 9.17) is 16.3 Å². The summed E-state index contributed by atoms with van der Waals surface area (Å²) in [7, 11) is 2.62. The largest absolute Gasteiger partial charge is 0.504 e. The number of nitrogens with one attached hydrogen (secondary N) is 1. The van der Waals surface area contributed by atoms with E-state index in [1.807, 2.05) is 0 Å².